The van der Waals surface area contributed by atoms with Gasteiger partial charge in [0.15, 0.2) is 11.6 Å². The monoisotopic (exact) mass is 301 g/mol. The van der Waals surface area contributed by atoms with Crippen LogP contribution < -0.4 is 5.73 Å². The molecule has 1 aromatic carbocycles. The van der Waals surface area contributed by atoms with E-state index in [4.69, 9.17) is 10.3 Å². The van der Waals surface area contributed by atoms with E-state index in [0.29, 0.717) is 11.5 Å². The van der Waals surface area contributed by atoms with E-state index < -0.39 is 11.6 Å². The summed E-state index contributed by atoms with van der Waals surface area (Å²) in [5.41, 5.74) is 6.24. The van der Waals surface area contributed by atoms with Crippen LogP contribution in [-0.4, -0.2) is 16.2 Å². The molecule has 2 N–H and O–H groups in total. The van der Waals surface area contributed by atoms with E-state index in [1.807, 2.05) is 0 Å². The minimum absolute atomic E-state index is 0. The molecule has 1 fully saturated rings. The van der Waals surface area contributed by atoms with Crippen LogP contribution in [0.4, 0.5) is 8.78 Å². The third kappa shape index (κ3) is 2.81. The molecule has 20 heavy (non-hydrogen) atoms. The third-order valence-electron chi connectivity index (χ3n) is 3.44. The second-order valence-corrected chi connectivity index (χ2v) is 4.86. The van der Waals surface area contributed by atoms with Crippen LogP contribution in [0.5, 0.6) is 0 Å². The highest BCUT2D eigenvalue weighted by atomic mass is 35.5. The molecule has 0 aliphatic heterocycles. The van der Waals surface area contributed by atoms with Crippen LogP contribution in [0.15, 0.2) is 22.7 Å². The molecule has 0 bridgehead atoms. The summed E-state index contributed by atoms with van der Waals surface area (Å²) in [5.74, 6) is -0.857. The Hall–Kier alpha value is -1.53. The van der Waals surface area contributed by atoms with Crippen molar-refractivity contribution in [1.82, 2.24) is 10.1 Å². The molecule has 2 unspecified atom stereocenters. The summed E-state index contributed by atoms with van der Waals surface area (Å²) in [6, 6.07) is 3.70. The average Bonchev–Trinajstić information content (AvgIpc) is 3.01. The Balaban J connectivity index is 0.00000147. The zero-order valence-electron chi connectivity index (χ0n) is 10.6. The molecule has 1 saturated carbocycles. The second-order valence-electron chi connectivity index (χ2n) is 4.86. The quantitative estimate of drug-likeness (QED) is 0.926. The number of nitrogens with two attached hydrogens (primary N) is 1. The summed E-state index contributed by atoms with van der Waals surface area (Å²) >= 11 is 0. The Morgan fingerprint density at radius 1 is 1.20 bits per heavy atom. The maximum atomic E-state index is 13.1. The van der Waals surface area contributed by atoms with Gasteiger partial charge < -0.3 is 10.3 Å². The number of benzene rings is 1. The van der Waals surface area contributed by atoms with Crippen molar-refractivity contribution in [2.75, 3.05) is 0 Å². The standard InChI is InChI=1S/C13H13F2N3O.ClH/c14-10-4-2-7(6-11(10)15)12-17-13(19-18-12)8-1-3-9(16)5-8;/h2,4,6,8-9H,1,3,5,16H2;1H. The second kappa shape index (κ2) is 5.85. The summed E-state index contributed by atoms with van der Waals surface area (Å²) in [6.07, 6.45) is 2.67. The smallest absolute Gasteiger partial charge is 0.230 e. The third-order valence-corrected chi connectivity index (χ3v) is 3.44. The lowest BCUT2D eigenvalue weighted by Crippen LogP contribution is -2.14. The number of hydrogen-bond acceptors (Lipinski definition) is 4. The fourth-order valence-corrected chi connectivity index (χ4v) is 2.39. The minimum Gasteiger partial charge on any atom is -0.339 e. The first-order valence-electron chi connectivity index (χ1n) is 6.18. The SMILES string of the molecule is Cl.NC1CCC(c2nc(-c3ccc(F)c(F)c3)no2)C1. The van der Waals surface area contributed by atoms with E-state index in [0.717, 1.165) is 31.4 Å². The lowest BCUT2D eigenvalue weighted by atomic mass is 10.1. The van der Waals surface area contributed by atoms with Crippen molar-refractivity contribution in [2.24, 2.45) is 5.73 Å². The van der Waals surface area contributed by atoms with Gasteiger partial charge in [-0.3, -0.25) is 0 Å². The first-order chi connectivity index (χ1) is 9.13. The van der Waals surface area contributed by atoms with Gasteiger partial charge >= 0.3 is 0 Å². The molecule has 0 radical (unpaired) electrons. The van der Waals surface area contributed by atoms with Crippen molar-refractivity contribution in [3.8, 4) is 11.4 Å². The van der Waals surface area contributed by atoms with Crippen LogP contribution in [-0.2, 0) is 0 Å². The largest absolute Gasteiger partial charge is 0.339 e. The molecule has 1 aliphatic rings. The molecule has 0 saturated heterocycles. The number of rotatable bonds is 2. The number of halogens is 3. The van der Waals surface area contributed by atoms with Gasteiger partial charge in [-0.25, -0.2) is 8.78 Å². The van der Waals surface area contributed by atoms with Gasteiger partial charge in [-0.05, 0) is 37.5 Å². The van der Waals surface area contributed by atoms with Crippen molar-refractivity contribution in [1.29, 1.82) is 0 Å². The van der Waals surface area contributed by atoms with Crippen LogP contribution in [0.1, 0.15) is 31.1 Å². The van der Waals surface area contributed by atoms with Crippen molar-refractivity contribution < 1.29 is 13.3 Å². The summed E-state index contributed by atoms with van der Waals surface area (Å²) in [5, 5.41) is 3.81. The van der Waals surface area contributed by atoms with Crippen molar-refractivity contribution in [3.63, 3.8) is 0 Å². The summed E-state index contributed by atoms with van der Waals surface area (Å²) in [7, 11) is 0. The predicted octanol–water partition coefficient (Wildman–Crippen LogP) is 3.03. The molecule has 2 atom stereocenters. The molecule has 1 aromatic heterocycles. The molecule has 2 aromatic rings. The summed E-state index contributed by atoms with van der Waals surface area (Å²) < 4.78 is 31.2. The molecule has 108 valence electrons. The van der Waals surface area contributed by atoms with Crippen molar-refractivity contribution in [3.05, 3.63) is 35.7 Å². The van der Waals surface area contributed by atoms with Gasteiger partial charge in [0.25, 0.3) is 0 Å². The normalized spacial score (nSPS) is 21.8. The Morgan fingerprint density at radius 2 is 2.00 bits per heavy atom. The van der Waals surface area contributed by atoms with E-state index in [-0.39, 0.29) is 30.2 Å². The van der Waals surface area contributed by atoms with Gasteiger partial charge in [-0.1, -0.05) is 5.16 Å². The molecule has 1 aliphatic carbocycles. The van der Waals surface area contributed by atoms with Gasteiger partial charge in [0, 0.05) is 17.5 Å². The topological polar surface area (TPSA) is 64.9 Å². The first-order valence-corrected chi connectivity index (χ1v) is 6.18. The maximum Gasteiger partial charge on any atom is 0.230 e. The van der Waals surface area contributed by atoms with Crippen molar-refractivity contribution >= 4 is 12.4 Å². The first kappa shape index (κ1) is 14.9. The zero-order valence-corrected chi connectivity index (χ0v) is 11.4. The molecule has 7 heteroatoms. The van der Waals surface area contributed by atoms with Crippen LogP contribution in [0.2, 0.25) is 0 Å². The Morgan fingerprint density at radius 3 is 2.65 bits per heavy atom. The maximum absolute atomic E-state index is 13.1. The number of nitrogens with zero attached hydrogens (tertiary/aromatic N) is 2. The molecule has 0 amide bonds. The van der Waals surface area contributed by atoms with Crippen LogP contribution in [0, 0.1) is 11.6 Å². The Labute approximate surface area is 120 Å². The van der Waals surface area contributed by atoms with Crippen LogP contribution in [0.25, 0.3) is 11.4 Å². The van der Waals surface area contributed by atoms with E-state index in [9.17, 15) is 8.78 Å². The lowest BCUT2D eigenvalue weighted by Gasteiger charge is -2.01. The van der Waals surface area contributed by atoms with E-state index in [2.05, 4.69) is 10.1 Å². The van der Waals surface area contributed by atoms with Crippen molar-refractivity contribution in [2.45, 2.75) is 31.2 Å². The van der Waals surface area contributed by atoms with Gasteiger partial charge in [0.1, 0.15) is 0 Å². The van der Waals surface area contributed by atoms with Crippen LogP contribution >= 0.6 is 12.4 Å². The van der Waals surface area contributed by atoms with Gasteiger partial charge in [0.05, 0.1) is 0 Å². The lowest BCUT2D eigenvalue weighted by molar-refractivity contribution is 0.353. The molecule has 3 rings (SSSR count). The highest BCUT2D eigenvalue weighted by Gasteiger charge is 2.28. The Kier molecular flexibility index (Phi) is 4.35. The highest BCUT2D eigenvalue weighted by molar-refractivity contribution is 5.85. The van der Waals surface area contributed by atoms with Gasteiger partial charge in [-0.2, -0.15) is 4.98 Å². The molecular formula is C13H14ClF2N3O. The predicted molar refractivity (Wildman–Crippen MR) is 71.5 cm³/mol. The summed E-state index contributed by atoms with van der Waals surface area (Å²) in [6.45, 7) is 0. The van der Waals surface area contributed by atoms with E-state index >= 15 is 0 Å². The average molecular weight is 302 g/mol. The number of aromatic nitrogens is 2. The van der Waals surface area contributed by atoms with Gasteiger partial charge in [0.2, 0.25) is 11.7 Å². The minimum atomic E-state index is -0.924. The Bertz CT molecular complexity index is 605. The fourth-order valence-electron chi connectivity index (χ4n) is 2.39. The number of hydrogen-bond donors (Lipinski definition) is 1. The molecule has 4 nitrogen and oxygen atoms in total. The fraction of sp³-hybridized carbons (Fsp3) is 0.385. The molecular weight excluding hydrogens is 288 g/mol. The van der Waals surface area contributed by atoms with Gasteiger partial charge in [-0.15, -0.1) is 12.4 Å². The van der Waals surface area contributed by atoms with Crippen LogP contribution in [0.3, 0.4) is 0 Å². The zero-order chi connectivity index (χ0) is 13.4. The summed E-state index contributed by atoms with van der Waals surface area (Å²) in [4.78, 5) is 4.25. The van der Waals surface area contributed by atoms with E-state index in [1.54, 1.807) is 0 Å². The highest BCUT2D eigenvalue weighted by Crippen LogP contribution is 2.33. The van der Waals surface area contributed by atoms with E-state index in [1.165, 1.54) is 6.07 Å². The molecule has 0 spiro atoms. The molecule has 1 heterocycles.